The van der Waals surface area contributed by atoms with Crippen molar-refractivity contribution in [1.29, 1.82) is 0 Å². The molecule has 2 aromatic rings. The zero-order valence-corrected chi connectivity index (χ0v) is 14.0. The van der Waals surface area contributed by atoms with E-state index in [2.05, 4.69) is 5.43 Å². The lowest BCUT2D eigenvalue weighted by Gasteiger charge is -2.09. The molecule has 0 aliphatic rings. The van der Waals surface area contributed by atoms with E-state index in [1.807, 2.05) is 18.4 Å². The number of ether oxygens (including phenoxy) is 1. The highest BCUT2D eigenvalue weighted by molar-refractivity contribution is 5.96. The van der Waals surface area contributed by atoms with E-state index in [9.17, 15) is 29.8 Å². The second-order valence-electron chi connectivity index (χ2n) is 5.36. The Hall–Kier alpha value is -4.02. The van der Waals surface area contributed by atoms with Gasteiger partial charge in [0.25, 0.3) is 23.2 Å². The van der Waals surface area contributed by atoms with Crippen LogP contribution >= 0.6 is 0 Å². The molecular formula is C16H14N4O7. The fourth-order valence-electron chi connectivity index (χ4n) is 2.03. The Bertz CT molecular complexity index is 881. The number of nitrogens with zero attached hydrogens (tertiary/aromatic N) is 2. The molecule has 0 spiro atoms. The van der Waals surface area contributed by atoms with Gasteiger partial charge in [0.2, 0.25) is 0 Å². The fourth-order valence-corrected chi connectivity index (χ4v) is 2.03. The van der Waals surface area contributed by atoms with Gasteiger partial charge in [0.1, 0.15) is 5.75 Å². The standard InChI is InChI=1S/C16H14N4O7/c1-10-3-2-4-14(5-10)27-9-15(21)17-18-16(22)11-6-12(19(23)24)8-13(7-11)20(25)26/h2-8H,9H2,1H3,(H,17,21)(H,18,22). The van der Waals surface area contributed by atoms with Crippen LogP contribution < -0.4 is 15.6 Å². The molecule has 11 heteroatoms. The van der Waals surface area contributed by atoms with Gasteiger partial charge in [0.05, 0.1) is 21.5 Å². The van der Waals surface area contributed by atoms with Crippen LogP contribution in [-0.4, -0.2) is 28.3 Å². The van der Waals surface area contributed by atoms with Crippen molar-refractivity contribution < 1.29 is 24.2 Å². The van der Waals surface area contributed by atoms with E-state index in [1.165, 1.54) is 0 Å². The highest BCUT2D eigenvalue weighted by Crippen LogP contribution is 2.22. The van der Waals surface area contributed by atoms with Gasteiger partial charge in [0, 0.05) is 12.1 Å². The minimum Gasteiger partial charge on any atom is -0.484 e. The number of carbonyl (C=O) groups excluding carboxylic acids is 2. The van der Waals surface area contributed by atoms with Crippen molar-refractivity contribution in [3.63, 3.8) is 0 Å². The first-order valence-corrected chi connectivity index (χ1v) is 7.49. The van der Waals surface area contributed by atoms with Crippen LogP contribution in [0.2, 0.25) is 0 Å². The predicted octanol–water partition coefficient (Wildman–Crippen LogP) is 1.65. The molecule has 0 bridgehead atoms. The lowest BCUT2D eigenvalue weighted by molar-refractivity contribution is -0.394. The summed E-state index contributed by atoms with van der Waals surface area (Å²) in [6.07, 6.45) is 0. The van der Waals surface area contributed by atoms with Crippen LogP contribution in [0.4, 0.5) is 11.4 Å². The molecule has 0 aliphatic carbocycles. The van der Waals surface area contributed by atoms with Crippen LogP contribution in [0, 0.1) is 27.2 Å². The third-order valence-electron chi connectivity index (χ3n) is 3.26. The fraction of sp³-hybridized carbons (Fsp3) is 0.125. The summed E-state index contributed by atoms with van der Waals surface area (Å²) < 4.78 is 5.25. The van der Waals surface area contributed by atoms with Crippen molar-refractivity contribution in [1.82, 2.24) is 10.9 Å². The van der Waals surface area contributed by atoms with E-state index < -0.39 is 39.6 Å². The number of aryl methyl sites for hydroxylation is 1. The van der Waals surface area contributed by atoms with Gasteiger partial charge in [-0.3, -0.25) is 40.7 Å². The number of benzene rings is 2. The SMILES string of the molecule is Cc1cccc(OCC(=O)NNC(=O)c2cc([N+](=O)[O-])cc([N+](=O)[O-])c2)c1. The number of nitro groups is 2. The van der Waals surface area contributed by atoms with E-state index in [4.69, 9.17) is 4.74 Å². The molecule has 2 N–H and O–H groups in total. The maximum atomic E-state index is 12.0. The molecule has 0 fully saturated rings. The zero-order valence-electron chi connectivity index (χ0n) is 14.0. The van der Waals surface area contributed by atoms with Crippen LogP contribution in [0.25, 0.3) is 0 Å². The summed E-state index contributed by atoms with van der Waals surface area (Å²) in [4.78, 5) is 43.7. The molecule has 0 atom stereocenters. The summed E-state index contributed by atoms with van der Waals surface area (Å²) in [5, 5.41) is 21.7. The van der Waals surface area contributed by atoms with Gasteiger partial charge < -0.3 is 4.74 Å². The van der Waals surface area contributed by atoms with E-state index in [1.54, 1.807) is 18.2 Å². The molecule has 27 heavy (non-hydrogen) atoms. The topological polar surface area (TPSA) is 154 Å². The Balaban J connectivity index is 1.97. The van der Waals surface area contributed by atoms with Crippen LogP contribution in [-0.2, 0) is 4.79 Å². The smallest absolute Gasteiger partial charge is 0.277 e. The van der Waals surface area contributed by atoms with Crippen molar-refractivity contribution >= 4 is 23.2 Å². The molecule has 0 aliphatic heterocycles. The van der Waals surface area contributed by atoms with Crippen molar-refractivity contribution in [2.45, 2.75) is 6.92 Å². The summed E-state index contributed by atoms with van der Waals surface area (Å²) in [7, 11) is 0. The summed E-state index contributed by atoms with van der Waals surface area (Å²) in [6, 6.07) is 9.42. The van der Waals surface area contributed by atoms with Crippen molar-refractivity contribution in [3.8, 4) is 5.75 Å². The number of nitro benzene ring substituents is 2. The summed E-state index contributed by atoms with van der Waals surface area (Å²) in [6.45, 7) is 1.46. The number of non-ortho nitro benzene ring substituents is 2. The van der Waals surface area contributed by atoms with Crippen LogP contribution in [0.3, 0.4) is 0 Å². The van der Waals surface area contributed by atoms with Crippen LogP contribution in [0.15, 0.2) is 42.5 Å². The number of hydrogen-bond acceptors (Lipinski definition) is 7. The zero-order chi connectivity index (χ0) is 20.0. The van der Waals surface area contributed by atoms with Crippen molar-refractivity contribution in [2.24, 2.45) is 0 Å². The first-order chi connectivity index (χ1) is 12.8. The van der Waals surface area contributed by atoms with Crippen LogP contribution in [0.5, 0.6) is 5.75 Å². The number of hydrazine groups is 1. The lowest BCUT2D eigenvalue weighted by Crippen LogP contribution is -2.43. The Morgan fingerprint density at radius 3 is 2.19 bits per heavy atom. The Morgan fingerprint density at radius 2 is 1.63 bits per heavy atom. The highest BCUT2D eigenvalue weighted by Gasteiger charge is 2.20. The third-order valence-corrected chi connectivity index (χ3v) is 3.26. The average Bonchev–Trinajstić information content (AvgIpc) is 2.64. The van der Waals surface area contributed by atoms with Crippen molar-refractivity contribution in [2.75, 3.05) is 6.61 Å². The molecule has 2 rings (SSSR count). The first-order valence-electron chi connectivity index (χ1n) is 7.49. The first kappa shape index (κ1) is 19.3. The molecule has 0 aromatic heterocycles. The largest absolute Gasteiger partial charge is 0.484 e. The van der Waals surface area contributed by atoms with Gasteiger partial charge in [-0.15, -0.1) is 0 Å². The Kier molecular flexibility index (Phi) is 5.99. The minimum absolute atomic E-state index is 0.351. The molecule has 2 aromatic carbocycles. The molecule has 0 saturated carbocycles. The van der Waals surface area contributed by atoms with E-state index in [-0.39, 0.29) is 5.56 Å². The molecule has 0 unspecified atom stereocenters. The quantitative estimate of drug-likeness (QED) is 0.575. The molecule has 2 amide bonds. The van der Waals surface area contributed by atoms with Gasteiger partial charge >= 0.3 is 0 Å². The number of rotatable bonds is 6. The number of carbonyl (C=O) groups is 2. The maximum Gasteiger partial charge on any atom is 0.277 e. The normalized spacial score (nSPS) is 9.96. The van der Waals surface area contributed by atoms with Gasteiger partial charge in [-0.1, -0.05) is 12.1 Å². The Labute approximate surface area is 152 Å². The van der Waals surface area contributed by atoms with Gasteiger partial charge in [-0.05, 0) is 24.6 Å². The molecule has 0 saturated heterocycles. The van der Waals surface area contributed by atoms with Gasteiger partial charge in [-0.25, -0.2) is 0 Å². The van der Waals surface area contributed by atoms with E-state index in [0.29, 0.717) is 5.75 Å². The molecule has 140 valence electrons. The second kappa shape index (κ2) is 8.38. The molecular weight excluding hydrogens is 360 g/mol. The Morgan fingerprint density at radius 1 is 1.00 bits per heavy atom. The van der Waals surface area contributed by atoms with Crippen molar-refractivity contribution in [3.05, 3.63) is 73.8 Å². The molecule has 0 heterocycles. The third kappa shape index (κ3) is 5.49. The summed E-state index contributed by atoms with van der Waals surface area (Å²) in [5.74, 6) is -1.18. The lowest BCUT2D eigenvalue weighted by atomic mass is 10.1. The second-order valence-corrected chi connectivity index (χ2v) is 5.36. The average molecular weight is 374 g/mol. The number of nitrogens with one attached hydrogen (secondary N) is 2. The highest BCUT2D eigenvalue weighted by atomic mass is 16.6. The summed E-state index contributed by atoms with van der Waals surface area (Å²) in [5.41, 5.74) is 3.42. The minimum atomic E-state index is -0.953. The maximum absolute atomic E-state index is 12.0. The molecule has 0 radical (unpaired) electrons. The monoisotopic (exact) mass is 374 g/mol. The predicted molar refractivity (Wildman–Crippen MR) is 92.0 cm³/mol. The van der Waals surface area contributed by atoms with Gasteiger partial charge in [-0.2, -0.15) is 0 Å². The number of amides is 2. The van der Waals surface area contributed by atoms with Crippen LogP contribution in [0.1, 0.15) is 15.9 Å². The number of hydrogen-bond donors (Lipinski definition) is 2. The van der Waals surface area contributed by atoms with E-state index >= 15 is 0 Å². The summed E-state index contributed by atoms with van der Waals surface area (Å²) >= 11 is 0. The van der Waals surface area contributed by atoms with E-state index in [0.717, 1.165) is 23.8 Å². The molecule has 11 nitrogen and oxygen atoms in total. The van der Waals surface area contributed by atoms with Gasteiger partial charge in [0.15, 0.2) is 6.61 Å².